The van der Waals surface area contributed by atoms with Crippen LogP contribution in [0.4, 0.5) is 5.95 Å². The molecule has 0 radical (unpaired) electrons. The molecule has 0 amide bonds. The molecule has 6 nitrogen and oxygen atoms in total. The normalized spacial score (nSPS) is 30.4. The van der Waals surface area contributed by atoms with Crippen LogP contribution < -0.4 is 10.6 Å². The van der Waals surface area contributed by atoms with Crippen LogP contribution in [0.3, 0.4) is 0 Å². The predicted molar refractivity (Wildman–Crippen MR) is 111 cm³/mol. The number of hydrogen-bond acceptors (Lipinski definition) is 7. The highest BCUT2D eigenvalue weighted by Crippen LogP contribution is 2.30. The summed E-state index contributed by atoms with van der Waals surface area (Å²) in [6.07, 6.45) is 8.86. The first kappa shape index (κ1) is 18.5. The second kappa shape index (κ2) is 8.45. The molecular formula is C21H28N4O2S. The molecule has 2 saturated heterocycles. The number of ether oxygens (including phenoxy) is 2. The number of nitrogens with one attached hydrogen (secondary N) is 2. The van der Waals surface area contributed by atoms with Crippen molar-refractivity contribution in [2.24, 2.45) is 5.92 Å². The molecule has 4 heterocycles. The van der Waals surface area contributed by atoms with Crippen molar-refractivity contribution in [2.45, 2.75) is 56.4 Å². The first-order valence-corrected chi connectivity index (χ1v) is 11.3. The van der Waals surface area contributed by atoms with E-state index in [1.54, 1.807) is 11.3 Å². The Morgan fingerprint density at radius 2 is 1.86 bits per heavy atom. The molecule has 150 valence electrons. The molecule has 0 unspecified atom stereocenters. The minimum Gasteiger partial charge on any atom is -0.371 e. The van der Waals surface area contributed by atoms with Crippen LogP contribution in [0.2, 0.25) is 0 Å². The molecule has 7 heteroatoms. The first-order valence-electron chi connectivity index (χ1n) is 10.5. The van der Waals surface area contributed by atoms with E-state index in [4.69, 9.17) is 9.47 Å². The molecule has 4 atom stereocenters. The number of fused-ring (bicyclic) bond motifs is 1. The Hall–Kier alpha value is -1.54. The molecule has 2 N–H and O–H groups in total. The topological polar surface area (TPSA) is 68.3 Å². The van der Waals surface area contributed by atoms with Crippen LogP contribution in [0.1, 0.15) is 32.1 Å². The third-order valence-corrected chi connectivity index (χ3v) is 7.08. The lowest BCUT2D eigenvalue weighted by molar-refractivity contribution is 0.0671. The summed E-state index contributed by atoms with van der Waals surface area (Å²) >= 11 is 1.68. The predicted octanol–water partition coefficient (Wildman–Crippen LogP) is 3.32. The summed E-state index contributed by atoms with van der Waals surface area (Å²) in [7, 11) is 0. The summed E-state index contributed by atoms with van der Waals surface area (Å²) in [6.45, 7) is 2.44. The monoisotopic (exact) mass is 400 g/mol. The van der Waals surface area contributed by atoms with Crippen molar-refractivity contribution in [1.82, 2.24) is 15.3 Å². The Morgan fingerprint density at radius 3 is 2.68 bits per heavy atom. The van der Waals surface area contributed by atoms with Crippen molar-refractivity contribution in [3.63, 3.8) is 0 Å². The summed E-state index contributed by atoms with van der Waals surface area (Å²) in [5.41, 5.74) is 0.947. The van der Waals surface area contributed by atoms with Gasteiger partial charge < -0.3 is 20.1 Å². The van der Waals surface area contributed by atoms with E-state index in [-0.39, 0.29) is 24.3 Å². The van der Waals surface area contributed by atoms with E-state index in [0.717, 1.165) is 29.6 Å². The zero-order valence-electron chi connectivity index (χ0n) is 16.0. The maximum atomic E-state index is 6.11. The molecule has 0 spiro atoms. The molecule has 0 aromatic carbocycles. The van der Waals surface area contributed by atoms with Gasteiger partial charge in [-0.3, -0.25) is 0 Å². The summed E-state index contributed by atoms with van der Waals surface area (Å²) in [4.78, 5) is 10.2. The zero-order valence-corrected chi connectivity index (χ0v) is 16.9. The number of rotatable bonds is 6. The Labute approximate surface area is 170 Å². The molecule has 2 aromatic rings. The first-order chi connectivity index (χ1) is 13.9. The smallest absolute Gasteiger partial charge is 0.223 e. The average molecular weight is 401 g/mol. The van der Waals surface area contributed by atoms with Gasteiger partial charge in [0.05, 0.1) is 35.9 Å². The summed E-state index contributed by atoms with van der Waals surface area (Å²) in [6, 6.07) is 6.44. The summed E-state index contributed by atoms with van der Waals surface area (Å²) in [5.74, 6) is 1.46. The lowest BCUT2D eigenvalue weighted by Crippen LogP contribution is -2.44. The van der Waals surface area contributed by atoms with Gasteiger partial charge in [0.15, 0.2) is 0 Å². The van der Waals surface area contributed by atoms with Crippen LogP contribution in [0.15, 0.2) is 29.8 Å². The molecule has 3 fully saturated rings. The van der Waals surface area contributed by atoms with Crippen LogP contribution in [-0.4, -0.2) is 54.0 Å². The van der Waals surface area contributed by atoms with E-state index < -0.39 is 0 Å². The van der Waals surface area contributed by atoms with E-state index in [0.29, 0.717) is 12.6 Å². The number of hydrogen-bond donors (Lipinski definition) is 2. The van der Waals surface area contributed by atoms with E-state index in [1.807, 2.05) is 18.3 Å². The maximum absolute atomic E-state index is 6.11. The van der Waals surface area contributed by atoms with E-state index in [2.05, 4.69) is 32.0 Å². The Balaban J connectivity index is 1.18. The van der Waals surface area contributed by atoms with Crippen LogP contribution in [0, 0.1) is 5.92 Å². The number of thiophene rings is 1. The maximum Gasteiger partial charge on any atom is 0.223 e. The molecule has 3 aliphatic rings. The summed E-state index contributed by atoms with van der Waals surface area (Å²) in [5, 5.41) is 9.23. The lowest BCUT2D eigenvalue weighted by atomic mass is 9.89. The SMILES string of the molecule is c1csc(-c2ccnc(N[C@@H]3CO[C@@H]4[C@@H]3OC[C@@H]4NCC3CCCCC3)n2)c1. The molecule has 2 aromatic heterocycles. The molecule has 2 aliphatic heterocycles. The van der Waals surface area contributed by atoms with Gasteiger partial charge in [-0.2, -0.15) is 0 Å². The van der Waals surface area contributed by atoms with Gasteiger partial charge in [-0.25, -0.2) is 9.97 Å². The van der Waals surface area contributed by atoms with Gasteiger partial charge in [0.1, 0.15) is 12.2 Å². The molecule has 5 rings (SSSR count). The minimum atomic E-state index is 0.0536. The molecular weight excluding hydrogens is 372 g/mol. The third kappa shape index (κ3) is 3.94. The summed E-state index contributed by atoms with van der Waals surface area (Å²) < 4.78 is 12.2. The fourth-order valence-corrected chi connectivity index (χ4v) is 5.36. The quantitative estimate of drug-likeness (QED) is 0.775. The van der Waals surface area contributed by atoms with Crippen molar-refractivity contribution in [3.8, 4) is 10.6 Å². The zero-order chi connectivity index (χ0) is 18.8. The standard InChI is InChI=1S/C21H28N4O2S/c1-2-5-14(6-3-1)11-23-16-12-26-20-17(13-27-19(16)20)25-21-22-9-8-15(24-21)18-7-4-10-28-18/h4,7-10,14,16-17,19-20,23H,1-3,5-6,11-13H2,(H,22,24,25)/t16-,17+,19-,20+/m0/s1. The second-order valence-corrected chi connectivity index (χ2v) is 9.06. The van der Waals surface area contributed by atoms with Gasteiger partial charge in [0.25, 0.3) is 0 Å². The van der Waals surface area contributed by atoms with Gasteiger partial charge in [-0.1, -0.05) is 25.3 Å². The highest BCUT2D eigenvalue weighted by molar-refractivity contribution is 7.13. The number of nitrogens with zero attached hydrogens (tertiary/aromatic N) is 2. The molecule has 1 saturated carbocycles. The van der Waals surface area contributed by atoms with E-state index >= 15 is 0 Å². The highest BCUT2D eigenvalue weighted by atomic mass is 32.1. The molecule has 1 aliphatic carbocycles. The minimum absolute atomic E-state index is 0.0536. The highest BCUT2D eigenvalue weighted by Gasteiger charge is 2.47. The van der Waals surface area contributed by atoms with Crippen LogP contribution in [0.25, 0.3) is 10.6 Å². The fourth-order valence-electron chi connectivity index (χ4n) is 4.66. The molecule has 28 heavy (non-hydrogen) atoms. The van der Waals surface area contributed by atoms with Crippen molar-refractivity contribution in [1.29, 1.82) is 0 Å². The van der Waals surface area contributed by atoms with Gasteiger partial charge in [-0.15, -0.1) is 11.3 Å². The van der Waals surface area contributed by atoms with Crippen LogP contribution in [-0.2, 0) is 9.47 Å². The van der Waals surface area contributed by atoms with E-state index in [1.165, 1.54) is 32.1 Å². The second-order valence-electron chi connectivity index (χ2n) is 8.11. The fraction of sp³-hybridized carbons (Fsp3) is 0.619. The largest absolute Gasteiger partial charge is 0.371 e. The van der Waals surface area contributed by atoms with Crippen molar-refractivity contribution in [3.05, 3.63) is 29.8 Å². The van der Waals surface area contributed by atoms with Gasteiger partial charge in [0.2, 0.25) is 5.95 Å². The lowest BCUT2D eigenvalue weighted by Gasteiger charge is -2.25. The Bertz CT molecular complexity index is 766. The third-order valence-electron chi connectivity index (χ3n) is 6.19. The average Bonchev–Trinajstić information content (AvgIpc) is 3.47. The van der Waals surface area contributed by atoms with Crippen molar-refractivity contribution >= 4 is 17.3 Å². The van der Waals surface area contributed by atoms with Gasteiger partial charge >= 0.3 is 0 Å². The Kier molecular flexibility index (Phi) is 5.58. The number of anilines is 1. The van der Waals surface area contributed by atoms with Crippen molar-refractivity contribution in [2.75, 3.05) is 25.1 Å². The van der Waals surface area contributed by atoms with Gasteiger partial charge in [-0.05, 0) is 42.8 Å². The van der Waals surface area contributed by atoms with Gasteiger partial charge in [0, 0.05) is 6.20 Å². The van der Waals surface area contributed by atoms with E-state index in [9.17, 15) is 0 Å². The van der Waals surface area contributed by atoms with Crippen LogP contribution in [0.5, 0.6) is 0 Å². The number of aromatic nitrogens is 2. The molecule has 0 bridgehead atoms. The van der Waals surface area contributed by atoms with Crippen LogP contribution >= 0.6 is 11.3 Å². The van der Waals surface area contributed by atoms with Crippen molar-refractivity contribution < 1.29 is 9.47 Å². The Morgan fingerprint density at radius 1 is 1.04 bits per heavy atom.